The van der Waals surface area contributed by atoms with E-state index in [4.69, 9.17) is 14.2 Å². The molecule has 2 aromatic rings. The third kappa shape index (κ3) is 3.99. The lowest BCUT2D eigenvalue weighted by molar-refractivity contribution is -0.129. The topological polar surface area (TPSA) is 73.9 Å². The third-order valence-electron chi connectivity index (χ3n) is 5.09. The first kappa shape index (κ1) is 18.8. The quantitative estimate of drug-likeness (QED) is 0.777. The number of carbonyl (C=O) groups excluding carboxylic acids is 2. The maximum Gasteiger partial charge on any atom is 0.349 e. The second-order valence-electron chi connectivity index (χ2n) is 7.36. The number of ether oxygens (including phenoxy) is 3. The van der Waals surface area contributed by atoms with Crippen LogP contribution < -0.4 is 14.8 Å². The van der Waals surface area contributed by atoms with Gasteiger partial charge in [0.1, 0.15) is 4.88 Å². The maximum absolute atomic E-state index is 12.4. The molecule has 2 aliphatic rings. The molecular formula is C21H23NO5S. The summed E-state index contributed by atoms with van der Waals surface area (Å²) in [5.41, 5.74) is 2.13. The molecule has 0 saturated carbocycles. The van der Waals surface area contributed by atoms with Crippen molar-refractivity contribution in [2.24, 2.45) is 5.92 Å². The molecule has 28 heavy (non-hydrogen) atoms. The molecule has 1 aromatic carbocycles. The molecule has 0 radical (unpaired) electrons. The normalized spacial score (nSPS) is 18.3. The minimum atomic E-state index is -0.862. The fourth-order valence-corrected chi connectivity index (χ4v) is 4.55. The molecule has 1 N–H and O–H groups in total. The van der Waals surface area contributed by atoms with Crippen LogP contribution in [0.25, 0.3) is 0 Å². The van der Waals surface area contributed by atoms with Crippen LogP contribution in [0.4, 0.5) is 0 Å². The van der Waals surface area contributed by atoms with Gasteiger partial charge in [0.2, 0.25) is 6.79 Å². The second-order valence-corrected chi connectivity index (χ2v) is 8.50. The number of hydrogen-bond acceptors (Lipinski definition) is 6. The molecule has 1 amide bonds. The molecule has 4 rings (SSSR count). The molecular weight excluding hydrogens is 378 g/mol. The zero-order valence-corrected chi connectivity index (χ0v) is 16.8. The smallest absolute Gasteiger partial charge is 0.349 e. The molecule has 0 bridgehead atoms. The first-order chi connectivity index (χ1) is 13.5. The van der Waals surface area contributed by atoms with E-state index >= 15 is 0 Å². The fourth-order valence-electron chi connectivity index (χ4n) is 3.46. The van der Waals surface area contributed by atoms with Crippen LogP contribution in [0.2, 0.25) is 0 Å². The average Bonchev–Trinajstić information content (AvgIpc) is 3.31. The van der Waals surface area contributed by atoms with E-state index in [9.17, 15) is 9.59 Å². The van der Waals surface area contributed by atoms with Crippen LogP contribution in [-0.4, -0.2) is 24.8 Å². The Morgan fingerprint density at radius 2 is 2.11 bits per heavy atom. The molecule has 148 valence electrons. The standard InChI is InChI=1S/C21H23NO5S/c1-12-3-6-18-15(7-12)9-19(28-18)21(24)27-13(2)20(23)22-10-14-4-5-16-17(8-14)26-11-25-16/h4-5,8-9,12-13H,3,6-7,10-11H2,1-2H3,(H,22,23)/t12-,13+/m0/s1. The zero-order chi connectivity index (χ0) is 19.7. The predicted molar refractivity (Wildman–Crippen MR) is 105 cm³/mol. The van der Waals surface area contributed by atoms with Gasteiger partial charge in [-0.1, -0.05) is 13.0 Å². The highest BCUT2D eigenvalue weighted by molar-refractivity contribution is 7.14. The van der Waals surface area contributed by atoms with Crippen molar-refractivity contribution in [3.05, 3.63) is 45.1 Å². The van der Waals surface area contributed by atoms with Crippen molar-refractivity contribution in [3.8, 4) is 11.5 Å². The number of aryl methyl sites for hydroxylation is 1. The van der Waals surface area contributed by atoms with E-state index < -0.39 is 12.1 Å². The Kier molecular flexibility index (Phi) is 5.26. The number of amides is 1. The van der Waals surface area contributed by atoms with E-state index in [1.54, 1.807) is 6.92 Å². The van der Waals surface area contributed by atoms with E-state index in [-0.39, 0.29) is 12.7 Å². The monoisotopic (exact) mass is 401 g/mol. The highest BCUT2D eigenvalue weighted by atomic mass is 32.1. The lowest BCUT2D eigenvalue weighted by atomic mass is 9.90. The van der Waals surface area contributed by atoms with Crippen molar-refractivity contribution in [2.45, 2.75) is 45.8 Å². The van der Waals surface area contributed by atoms with Crippen LogP contribution >= 0.6 is 11.3 Å². The summed E-state index contributed by atoms with van der Waals surface area (Å²) >= 11 is 1.49. The van der Waals surface area contributed by atoms with Crippen LogP contribution in [0.1, 0.15) is 45.9 Å². The lowest BCUT2D eigenvalue weighted by Gasteiger charge is -2.16. The van der Waals surface area contributed by atoms with Crippen LogP contribution in [-0.2, 0) is 28.9 Å². The molecule has 1 aliphatic heterocycles. The molecule has 6 nitrogen and oxygen atoms in total. The van der Waals surface area contributed by atoms with Gasteiger partial charge in [0.05, 0.1) is 0 Å². The van der Waals surface area contributed by atoms with Gasteiger partial charge >= 0.3 is 5.97 Å². The van der Waals surface area contributed by atoms with Crippen LogP contribution in [0.3, 0.4) is 0 Å². The summed E-state index contributed by atoms with van der Waals surface area (Å²) in [7, 11) is 0. The SMILES string of the molecule is C[C@H]1CCc2sc(C(=O)O[C@H](C)C(=O)NCc3ccc4c(c3)OCO4)cc2C1. The van der Waals surface area contributed by atoms with Gasteiger partial charge in [-0.3, -0.25) is 4.79 Å². The Labute approximate surface area is 167 Å². The number of fused-ring (bicyclic) bond motifs is 2. The lowest BCUT2D eigenvalue weighted by Crippen LogP contribution is -2.35. The minimum Gasteiger partial charge on any atom is -0.454 e. The summed E-state index contributed by atoms with van der Waals surface area (Å²) < 4.78 is 16.0. The van der Waals surface area contributed by atoms with Crippen LogP contribution in [0, 0.1) is 5.92 Å². The zero-order valence-electron chi connectivity index (χ0n) is 15.9. The van der Waals surface area contributed by atoms with Gasteiger partial charge < -0.3 is 19.5 Å². The van der Waals surface area contributed by atoms with Gasteiger partial charge in [0.15, 0.2) is 17.6 Å². The second kappa shape index (κ2) is 7.83. The Morgan fingerprint density at radius 1 is 1.29 bits per heavy atom. The first-order valence-electron chi connectivity index (χ1n) is 9.48. The summed E-state index contributed by atoms with van der Waals surface area (Å²) in [5, 5.41) is 2.79. The maximum atomic E-state index is 12.4. The molecule has 0 unspecified atom stereocenters. The number of esters is 1. The van der Waals surface area contributed by atoms with Crippen molar-refractivity contribution in [1.29, 1.82) is 0 Å². The van der Waals surface area contributed by atoms with Crippen molar-refractivity contribution in [1.82, 2.24) is 5.32 Å². The predicted octanol–water partition coefficient (Wildman–Crippen LogP) is 3.46. The largest absolute Gasteiger partial charge is 0.454 e. The summed E-state index contributed by atoms with van der Waals surface area (Å²) in [4.78, 5) is 26.6. The van der Waals surface area contributed by atoms with Gasteiger partial charge in [0.25, 0.3) is 5.91 Å². The average molecular weight is 401 g/mol. The van der Waals surface area contributed by atoms with Crippen molar-refractivity contribution >= 4 is 23.2 Å². The van der Waals surface area contributed by atoms with Gasteiger partial charge in [-0.25, -0.2) is 4.79 Å². The molecule has 2 heterocycles. The third-order valence-corrected chi connectivity index (χ3v) is 6.30. The molecule has 7 heteroatoms. The van der Waals surface area contributed by atoms with Crippen molar-refractivity contribution in [3.63, 3.8) is 0 Å². The van der Waals surface area contributed by atoms with E-state index in [0.717, 1.165) is 24.8 Å². The number of carbonyl (C=O) groups is 2. The van der Waals surface area contributed by atoms with Crippen LogP contribution in [0.5, 0.6) is 11.5 Å². The number of nitrogens with one attached hydrogen (secondary N) is 1. The molecule has 0 spiro atoms. The summed E-state index contributed by atoms with van der Waals surface area (Å²) in [6.07, 6.45) is 2.31. The van der Waals surface area contributed by atoms with Gasteiger partial charge in [-0.05, 0) is 61.4 Å². The van der Waals surface area contributed by atoms with E-state index in [2.05, 4.69) is 12.2 Å². The number of benzene rings is 1. The van der Waals surface area contributed by atoms with Crippen molar-refractivity contribution < 1.29 is 23.8 Å². The van der Waals surface area contributed by atoms with Gasteiger partial charge in [-0.2, -0.15) is 0 Å². The highest BCUT2D eigenvalue weighted by Crippen LogP contribution is 2.33. The first-order valence-corrected chi connectivity index (χ1v) is 10.3. The fraction of sp³-hybridized carbons (Fsp3) is 0.429. The Bertz CT molecular complexity index is 906. The Hall–Kier alpha value is -2.54. The van der Waals surface area contributed by atoms with Crippen molar-refractivity contribution in [2.75, 3.05) is 6.79 Å². The molecule has 0 saturated heterocycles. The van der Waals surface area contributed by atoms with E-state index in [0.29, 0.717) is 28.8 Å². The minimum absolute atomic E-state index is 0.212. The summed E-state index contributed by atoms with van der Waals surface area (Å²) in [5.74, 6) is 1.25. The van der Waals surface area contributed by atoms with E-state index in [1.807, 2.05) is 24.3 Å². The molecule has 1 aromatic heterocycles. The highest BCUT2D eigenvalue weighted by Gasteiger charge is 2.24. The van der Waals surface area contributed by atoms with Crippen LogP contribution in [0.15, 0.2) is 24.3 Å². The Morgan fingerprint density at radius 3 is 2.96 bits per heavy atom. The molecule has 2 atom stereocenters. The summed E-state index contributed by atoms with van der Waals surface area (Å²) in [6.45, 7) is 4.35. The number of rotatable bonds is 5. The van der Waals surface area contributed by atoms with Gasteiger partial charge in [0, 0.05) is 11.4 Å². The number of thiophene rings is 1. The molecule has 0 fully saturated rings. The van der Waals surface area contributed by atoms with E-state index in [1.165, 1.54) is 21.8 Å². The van der Waals surface area contributed by atoms with Gasteiger partial charge in [-0.15, -0.1) is 11.3 Å². The number of hydrogen-bond donors (Lipinski definition) is 1. The summed E-state index contributed by atoms with van der Waals surface area (Å²) in [6, 6.07) is 7.43. The molecule has 1 aliphatic carbocycles. The Balaban J connectivity index is 1.31.